The van der Waals surface area contributed by atoms with Crippen molar-refractivity contribution in [2.75, 3.05) is 26.4 Å². The van der Waals surface area contributed by atoms with E-state index in [9.17, 15) is 9.59 Å². The molecule has 0 radical (unpaired) electrons. The number of aliphatic hydroxyl groups excluding tert-OH is 1. The van der Waals surface area contributed by atoms with E-state index in [2.05, 4.69) is 17.2 Å². The van der Waals surface area contributed by atoms with Gasteiger partial charge in [-0.05, 0) is 19.1 Å². The molecule has 0 aromatic heterocycles. The highest BCUT2D eigenvalue weighted by molar-refractivity contribution is 5.96. The van der Waals surface area contributed by atoms with Gasteiger partial charge in [-0.2, -0.15) is 0 Å². The van der Waals surface area contributed by atoms with Crippen molar-refractivity contribution in [1.29, 1.82) is 0 Å². The van der Waals surface area contributed by atoms with Gasteiger partial charge < -0.3 is 20.9 Å². The highest BCUT2D eigenvalue weighted by atomic mass is 16.5. The highest BCUT2D eigenvalue weighted by Gasteiger charge is 2.10. The van der Waals surface area contributed by atoms with Gasteiger partial charge in [-0.1, -0.05) is 23.5 Å². The van der Waals surface area contributed by atoms with Crippen molar-refractivity contribution >= 4 is 11.8 Å². The zero-order valence-corrected chi connectivity index (χ0v) is 11.8. The average molecular weight is 290 g/mol. The number of nitrogens with two attached hydrogens (primary N) is 1. The number of primary amides is 1. The van der Waals surface area contributed by atoms with Gasteiger partial charge in [0.25, 0.3) is 5.91 Å². The smallest absolute Gasteiger partial charge is 0.252 e. The first-order valence-corrected chi connectivity index (χ1v) is 6.39. The third-order valence-corrected chi connectivity index (χ3v) is 2.50. The van der Waals surface area contributed by atoms with Gasteiger partial charge in [-0.15, -0.1) is 0 Å². The molecule has 0 aliphatic heterocycles. The quantitative estimate of drug-likeness (QED) is 0.489. The maximum Gasteiger partial charge on any atom is 0.252 e. The van der Waals surface area contributed by atoms with Gasteiger partial charge in [0.2, 0.25) is 5.91 Å². The largest absolute Gasteiger partial charge is 0.384 e. The lowest BCUT2D eigenvalue weighted by Crippen LogP contribution is -2.29. The van der Waals surface area contributed by atoms with Crippen molar-refractivity contribution in [2.45, 2.75) is 6.92 Å². The molecule has 6 nitrogen and oxygen atoms in total. The van der Waals surface area contributed by atoms with Crippen LogP contribution in [0.15, 0.2) is 18.2 Å². The van der Waals surface area contributed by atoms with Crippen LogP contribution in [0.4, 0.5) is 0 Å². The lowest BCUT2D eigenvalue weighted by atomic mass is 10.0. The number of nitrogens with one attached hydrogen (secondary N) is 1. The molecule has 0 spiro atoms. The fraction of sp³-hybridized carbons (Fsp3) is 0.333. The van der Waals surface area contributed by atoms with Crippen molar-refractivity contribution in [3.05, 3.63) is 34.9 Å². The molecule has 6 heteroatoms. The average Bonchev–Trinajstić information content (AvgIpc) is 2.45. The van der Waals surface area contributed by atoms with Crippen LogP contribution in [0.5, 0.6) is 0 Å². The van der Waals surface area contributed by atoms with E-state index < -0.39 is 5.91 Å². The monoisotopic (exact) mass is 290 g/mol. The Morgan fingerprint density at radius 2 is 2.19 bits per heavy atom. The first kappa shape index (κ1) is 16.7. The first-order chi connectivity index (χ1) is 10.0. The van der Waals surface area contributed by atoms with Crippen LogP contribution in [-0.4, -0.2) is 43.3 Å². The summed E-state index contributed by atoms with van der Waals surface area (Å²) in [5.41, 5.74) is 6.83. The molecule has 1 aromatic carbocycles. The maximum atomic E-state index is 12.1. The molecule has 0 heterocycles. The summed E-state index contributed by atoms with van der Waals surface area (Å²) in [7, 11) is 0. The molecule has 0 aliphatic carbocycles. The van der Waals surface area contributed by atoms with Crippen molar-refractivity contribution in [2.24, 2.45) is 5.73 Å². The Morgan fingerprint density at radius 1 is 1.43 bits per heavy atom. The van der Waals surface area contributed by atoms with Crippen molar-refractivity contribution in [3.8, 4) is 11.8 Å². The molecule has 0 bridgehead atoms. The molecule has 4 N–H and O–H groups in total. The fourth-order valence-corrected chi connectivity index (χ4v) is 1.59. The minimum atomic E-state index is -0.554. The first-order valence-electron chi connectivity index (χ1n) is 6.39. The molecule has 1 rings (SSSR count). The van der Waals surface area contributed by atoms with E-state index in [0.717, 1.165) is 5.56 Å². The van der Waals surface area contributed by atoms with E-state index in [1.807, 2.05) is 13.0 Å². The highest BCUT2D eigenvalue weighted by Crippen LogP contribution is 2.10. The zero-order chi connectivity index (χ0) is 15.7. The van der Waals surface area contributed by atoms with E-state index in [-0.39, 0.29) is 32.3 Å². The van der Waals surface area contributed by atoms with Gasteiger partial charge in [0.15, 0.2) is 0 Å². The zero-order valence-electron chi connectivity index (χ0n) is 11.8. The summed E-state index contributed by atoms with van der Waals surface area (Å²) < 4.78 is 4.95. The minimum Gasteiger partial charge on any atom is -0.384 e. The number of aliphatic hydroxyl groups is 1. The van der Waals surface area contributed by atoms with Gasteiger partial charge >= 0.3 is 0 Å². The molecule has 0 saturated heterocycles. The van der Waals surface area contributed by atoms with Crippen molar-refractivity contribution < 1.29 is 19.4 Å². The molecule has 0 fully saturated rings. The molecule has 0 atom stereocenters. The number of ether oxygens (including phenoxy) is 1. The number of benzene rings is 1. The summed E-state index contributed by atoms with van der Waals surface area (Å²) in [5.74, 6) is 4.41. The Kier molecular flexibility index (Phi) is 6.95. The number of carbonyl (C=O) groups is 2. The maximum absolute atomic E-state index is 12.1. The van der Waals surface area contributed by atoms with Crippen LogP contribution in [0, 0.1) is 18.8 Å². The molecule has 0 saturated carbocycles. The summed E-state index contributed by atoms with van der Waals surface area (Å²) in [4.78, 5) is 22.6. The number of aryl methyl sites for hydroxylation is 1. The van der Waals surface area contributed by atoms with E-state index in [1.165, 1.54) is 0 Å². The molecular formula is C15H18N2O4. The molecule has 2 amide bonds. The number of amides is 2. The van der Waals surface area contributed by atoms with E-state index >= 15 is 0 Å². The Balaban J connectivity index is 2.64. The van der Waals surface area contributed by atoms with Crippen molar-refractivity contribution in [1.82, 2.24) is 5.32 Å². The molecule has 112 valence electrons. The molecule has 21 heavy (non-hydrogen) atoms. The van der Waals surface area contributed by atoms with Crippen molar-refractivity contribution in [3.63, 3.8) is 0 Å². The third kappa shape index (κ3) is 6.08. The molecule has 1 aromatic rings. The second kappa shape index (κ2) is 8.74. The molecular weight excluding hydrogens is 272 g/mol. The summed E-state index contributed by atoms with van der Waals surface area (Å²) in [5, 5.41) is 11.4. The third-order valence-electron chi connectivity index (χ3n) is 2.50. The minimum absolute atomic E-state index is 0.173. The summed E-state index contributed by atoms with van der Waals surface area (Å²) in [6.45, 7) is 1.88. The van der Waals surface area contributed by atoms with Crippen LogP contribution in [0.1, 0.15) is 21.5 Å². The topological polar surface area (TPSA) is 102 Å². The SMILES string of the molecule is Cc1ccc(C#CCO)c(C(=O)NCCOCC(N)=O)c1. The lowest BCUT2D eigenvalue weighted by Gasteiger charge is -2.08. The van der Waals surface area contributed by atoms with Crippen LogP contribution in [0.25, 0.3) is 0 Å². The van der Waals surface area contributed by atoms with Gasteiger partial charge in [-0.25, -0.2) is 0 Å². The van der Waals surface area contributed by atoms with E-state index in [4.69, 9.17) is 15.6 Å². The Bertz CT molecular complexity index is 573. The Hall–Kier alpha value is -2.36. The van der Waals surface area contributed by atoms with Gasteiger partial charge in [0, 0.05) is 12.1 Å². The second-order valence-electron chi connectivity index (χ2n) is 4.28. The molecule has 0 aliphatic rings. The second-order valence-corrected chi connectivity index (χ2v) is 4.28. The summed E-state index contributed by atoms with van der Waals surface area (Å²) >= 11 is 0. The number of rotatable bonds is 6. The predicted octanol–water partition coefficient (Wildman–Crippen LogP) is -0.429. The Morgan fingerprint density at radius 3 is 2.86 bits per heavy atom. The fourth-order valence-electron chi connectivity index (χ4n) is 1.59. The lowest BCUT2D eigenvalue weighted by molar-refractivity contribution is -0.122. The van der Waals surface area contributed by atoms with Crippen LogP contribution < -0.4 is 11.1 Å². The number of hydrogen-bond acceptors (Lipinski definition) is 4. The predicted molar refractivity (Wildman–Crippen MR) is 77.5 cm³/mol. The number of hydrogen-bond donors (Lipinski definition) is 3. The number of carbonyl (C=O) groups excluding carboxylic acids is 2. The normalized spacial score (nSPS) is 9.62. The van der Waals surface area contributed by atoms with Gasteiger partial charge in [0.05, 0.1) is 12.2 Å². The van der Waals surface area contributed by atoms with Crippen LogP contribution in [0.2, 0.25) is 0 Å². The van der Waals surface area contributed by atoms with E-state index in [1.54, 1.807) is 12.1 Å². The molecule has 0 unspecified atom stereocenters. The van der Waals surface area contributed by atoms with E-state index in [0.29, 0.717) is 11.1 Å². The van der Waals surface area contributed by atoms with Crippen LogP contribution in [0.3, 0.4) is 0 Å². The standard InChI is InChI=1S/C15H18N2O4/c1-11-4-5-12(3-2-7-18)13(9-11)15(20)17-6-8-21-10-14(16)19/h4-5,9,18H,6-8,10H2,1H3,(H2,16,19)(H,17,20). The summed E-state index contributed by atoms with van der Waals surface area (Å²) in [6, 6.07) is 5.30. The van der Waals surface area contributed by atoms with Crippen LogP contribution in [-0.2, 0) is 9.53 Å². The summed E-state index contributed by atoms with van der Waals surface area (Å²) in [6.07, 6.45) is 0. The van der Waals surface area contributed by atoms with Crippen LogP contribution >= 0.6 is 0 Å². The van der Waals surface area contributed by atoms with Gasteiger partial charge in [-0.3, -0.25) is 9.59 Å². The van der Waals surface area contributed by atoms with Gasteiger partial charge in [0.1, 0.15) is 13.2 Å². The Labute approximate surface area is 123 Å².